The van der Waals surface area contributed by atoms with Gasteiger partial charge < -0.3 is 14.6 Å². The Bertz CT molecular complexity index is 899. The maximum Gasteiger partial charge on any atom is 0.327 e. The van der Waals surface area contributed by atoms with Crippen LogP contribution in [0.4, 0.5) is 0 Å². The lowest BCUT2D eigenvalue weighted by atomic mass is 10.0. The van der Waals surface area contributed by atoms with Gasteiger partial charge in [0, 0.05) is 0 Å². The van der Waals surface area contributed by atoms with Crippen molar-refractivity contribution in [2.75, 3.05) is 6.61 Å². The van der Waals surface area contributed by atoms with Gasteiger partial charge in [-0.1, -0.05) is 76.5 Å². The Morgan fingerprint density at radius 1 is 1.15 bits per heavy atom. The Morgan fingerprint density at radius 3 is 2.47 bits per heavy atom. The van der Waals surface area contributed by atoms with E-state index in [1.165, 1.54) is 30.6 Å². The molecule has 2 atom stereocenters. The maximum atomic E-state index is 13.0. The van der Waals surface area contributed by atoms with Crippen molar-refractivity contribution < 1.29 is 24.2 Å². The van der Waals surface area contributed by atoms with Crippen LogP contribution in [0.25, 0.3) is 6.08 Å². The molecule has 34 heavy (non-hydrogen) atoms. The van der Waals surface area contributed by atoms with E-state index in [1.807, 2.05) is 25.1 Å². The molecule has 1 aliphatic heterocycles. The molecule has 0 bridgehead atoms. The van der Waals surface area contributed by atoms with E-state index in [4.69, 9.17) is 21.7 Å². The van der Waals surface area contributed by atoms with Gasteiger partial charge in [-0.15, -0.1) is 0 Å². The van der Waals surface area contributed by atoms with E-state index < -0.39 is 12.0 Å². The van der Waals surface area contributed by atoms with Gasteiger partial charge in [-0.2, -0.15) is 0 Å². The first-order valence-corrected chi connectivity index (χ1v) is 13.3. The third-order valence-electron chi connectivity index (χ3n) is 5.59. The quantitative estimate of drug-likeness (QED) is 0.174. The Labute approximate surface area is 213 Å². The summed E-state index contributed by atoms with van der Waals surface area (Å²) in [5.74, 6) is -0.416. The van der Waals surface area contributed by atoms with E-state index in [0.717, 1.165) is 30.2 Å². The lowest BCUT2D eigenvalue weighted by molar-refractivity contribution is -0.146. The van der Waals surface area contributed by atoms with Crippen molar-refractivity contribution in [1.82, 2.24) is 4.90 Å². The van der Waals surface area contributed by atoms with Crippen LogP contribution in [-0.4, -0.2) is 45.0 Å². The van der Waals surface area contributed by atoms with Gasteiger partial charge in [-0.05, 0) is 56.4 Å². The van der Waals surface area contributed by atoms with E-state index >= 15 is 0 Å². The fourth-order valence-electron chi connectivity index (χ4n) is 3.86. The van der Waals surface area contributed by atoms with Crippen molar-refractivity contribution >= 4 is 46.3 Å². The number of benzene rings is 1. The van der Waals surface area contributed by atoms with Gasteiger partial charge in [0.25, 0.3) is 5.91 Å². The smallest absolute Gasteiger partial charge is 0.327 e. The molecule has 6 nitrogen and oxygen atoms in total. The number of hydrogen-bond acceptors (Lipinski definition) is 6. The lowest BCUT2D eigenvalue weighted by Crippen LogP contribution is -2.47. The number of hydrogen-bond donors (Lipinski definition) is 1. The highest BCUT2D eigenvalue weighted by Gasteiger charge is 2.41. The van der Waals surface area contributed by atoms with Gasteiger partial charge in [0.1, 0.15) is 10.4 Å². The second-order valence-electron chi connectivity index (χ2n) is 8.85. The summed E-state index contributed by atoms with van der Waals surface area (Å²) < 4.78 is 12.2. The van der Waals surface area contributed by atoms with Crippen LogP contribution in [0.15, 0.2) is 23.1 Å². The van der Waals surface area contributed by atoms with Crippen molar-refractivity contribution in [3.05, 3.63) is 28.7 Å². The summed E-state index contributed by atoms with van der Waals surface area (Å²) in [5.41, 5.74) is 0.764. The molecule has 0 saturated carbocycles. The second kappa shape index (κ2) is 13.7. The predicted molar refractivity (Wildman–Crippen MR) is 142 cm³/mol. The SMILES string of the molecule is CCCCCCC[C@H](C)Oc1ccc(/C=C2/SC(=S)N([C@@H](C(=O)O)C(C)C)C2=O)cc1OCC. The molecule has 8 heteroatoms. The molecule has 0 aromatic heterocycles. The highest BCUT2D eigenvalue weighted by atomic mass is 32.2. The largest absolute Gasteiger partial charge is 0.490 e. The van der Waals surface area contributed by atoms with Crippen LogP contribution in [0.2, 0.25) is 0 Å². The van der Waals surface area contributed by atoms with Crippen LogP contribution in [0, 0.1) is 5.92 Å². The lowest BCUT2D eigenvalue weighted by Gasteiger charge is -2.26. The summed E-state index contributed by atoms with van der Waals surface area (Å²) in [6, 6.07) is 4.59. The molecule has 1 N–H and O–H groups in total. The number of thiocarbonyl (C=S) groups is 1. The van der Waals surface area contributed by atoms with Crippen LogP contribution in [0.5, 0.6) is 11.5 Å². The van der Waals surface area contributed by atoms with Gasteiger partial charge in [-0.25, -0.2) is 4.79 Å². The van der Waals surface area contributed by atoms with Gasteiger partial charge in [0.2, 0.25) is 0 Å². The maximum absolute atomic E-state index is 13.0. The van der Waals surface area contributed by atoms with Crippen molar-refractivity contribution in [2.45, 2.75) is 85.3 Å². The fourth-order valence-corrected chi connectivity index (χ4v) is 5.19. The number of rotatable bonds is 14. The van der Waals surface area contributed by atoms with Crippen LogP contribution >= 0.6 is 24.0 Å². The molecule has 1 amide bonds. The van der Waals surface area contributed by atoms with E-state index in [1.54, 1.807) is 19.9 Å². The third-order valence-corrected chi connectivity index (χ3v) is 6.92. The molecule has 2 rings (SSSR count). The Hall–Kier alpha value is -2.06. The number of unbranched alkanes of at least 4 members (excludes halogenated alkanes) is 4. The topological polar surface area (TPSA) is 76.1 Å². The summed E-state index contributed by atoms with van der Waals surface area (Å²) in [5, 5.41) is 9.59. The average Bonchev–Trinajstić information content (AvgIpc) is 3.03. The molecule has 1 heterocycles. The van der Waals surface area contributed by atoms with Crippen molar-refractivity contribution in [2.24, 2.45) is 5.92 Å². The van der Waals surface area contributed by atoms with E-state index in [-0.39, 0.29) is 22.2 Å². The van der Waals surface area contributed by atoms with Crippen LogP contribution in [0.1, 0.15) is 78.7 Å². The van der Waals surface area contributed by atoms with Crippen molar-refractivity contribution in [1.29, 1.82) is 0 Å². The summed E-state index contributed by atoms with van der Waals surface area (Å²) in [6.07, 6.45) is 8.92. The first-order chi connectivity index (χ1) is 16.2. The Kier molecular flexibility index (Phi) is 11.4. The minimum atomic E-state index is -1.06. The Balaban J connectivity index is 2.16. The fraction of sp³-hybridized carbons (Fsp3) is 0.577. The van der Waals surface area contributed by atoms with Gasteiger partial charge in [0.15, 0.2) is 11.5 Å². The third kappa shape index (κ3) is 7.73. The minimum Gasteiger partial charge on any atom is -0.490 e. The first-order valence-electron chi connectivity index (χ1n) is 12.1. The molecule has 0 spiro atoms. The highest BCUT2D eigenvalue weighted by Crippen LogP contribution is 2.37. The second-order valence-corrected chi connectivity index (χ2v) is 10.5. The summed E-state index contributed by atoms with van der Waals surface area (Å²) >= 11 is 6.46. The summed E-state index contributed by atoms with van der Waals surface area (Å²) in [4.78, 5) is 26.3. The normalized spacial score (nSPS) is 16.9. The van der Waals surface area contributed by atoms with Crippen LogP contribution in [-0.2, 0) is 9.59 Å². The summed E-state index contributed by atoms with van der Waals surface area (Å²) in [6.45, 7) is 10.2. The predicted octanol–water partition coefficient (Wildman–Crippen LogP) is 6.52. The monoisotopic (exact) mass is 507 g/mol. The zero-order valence-corrected chi connectivity index (χ0v) is 22.5. The zero-order chi connectivity index (χ0) is 25.3. The number of ether oxygens (including phenoxy) is 2. The van der Waals surface area contributed by atoms with Gasteiger partial charge in [0.05, 0.1) is 17.6 Å². The Morgan fingerprint density at radius 2 is 1.85 bits per heavy atom. The number of carbonyl (C=O) groups is 2. The van der Waals surface area contributed by atoms with E-state index in [0.29, 0.717) is 23.0 Å². The van der Waals surface area contributed by atoms with Gasteiger partial charge >= 0.3 is 5.97 Å². The molecule has 0 unspecified atom stereocenters. The van der Waals surface area contributed by atoms with Gasteiger partial charge in [-0.3, -0.25) is 9.69 Å². The molecular weight excluding hydrogens is 470 g/mol. The molecule has 1 aliphatic rings. The standard InChI is InChI=1S/C26H37NO5S2/c1-6-8-9-10-11-12-18(5)32-20-14-13-19(15-21(20)31-7-2)16-22-24(28)27(26(33)34-22)23(17(3)4)25(29)30/h13-18,23H,6-12H2,1-5H3,(H,29,30)/b22-16+/t18-,23+/m0/s1. The van der Waals surface area contributed by atoms with Crippen molar-refractivity contribution in [3.8, 4) is 11.5 Å². The highest BCUT2D eigenvalue weighted by molar-refractivity contribution is 8.26. The number of carboxylic acid groups (broad SMARTS) is 1. The number of carbonyl (C=O) groups excluding carboxylic acids is 1. The summed E-state index contributed by atoms with van der Waals surface area (Å²) in [7, 11) is 0. The number of carboxylic acids is 1. The van der Waals surface area contributed by atoms with Crippen molar-refractivity contribution in [3.63, 3.8) is 0 Å². The average molecular weight is 508 g/mol. The van der Waals surface area contributed by atoms with E-state index in [9.17, 15) is 14.7 Å². The van der Waals surface area contributed by atoms with E-state index in [2.05, 4.69) is 13.8 Å². The number of aliphatic carboxylic acids is 1. The first kappa shape index (κ1) is 28.2. The molecule has 1 aromatic rings. The molecule has 0 radical (unpaired) electrons. The molecule has 0 aliphatic carbocycles. The number of nitrogens with zero attached hydrogens (tertiary/aromatic N) is 1. The molecular formula is C26H37NO5S2. The molecule has 1 aromatic carbocycles. The number of amides is 1. The zero-order valence-electron chi connectivity index (χ0n) is 20.8. The van der Waals surface area contributed by atoms with Crippen LogP contribution in [0.3, 0.4) is 0 Å². The van der Waals surface area contributed by atoms with Crippen LogP contribution < -0.4 is 9.47 Å². The molecule has 1 saturated heterocycles. The molecule has 188 valence electrons. The number of thioether (sulfide) groups is 1. The minimum absolute atomic E-state index is 0.0759. The molecule has 1 fully saturated rings.